The lowest BCUT2D eigenvalue weighted by atomic mass is 10.1. The van der Waals surface area contributed by atoms with E-state index in [0.717, 1.165) is 27.5 Å². The Labute approximate surface area is 149 Å². The summed E-state index contributed by atoms with van der Waals surface area (Å²) >= 11 is 0. The van der Waals surface area contributed by atoms with Gasteiger partial charge in [0, 0.05) is 16.2 Å². The van der Waals surface area contributed by atoms with Crippen molar-refractivity contribution >= 4 is 38.5 Å². The van der Waals surface area contributed by atoms with E-state index in [2.05, 4.69) is 41.0 Å². The van der Waals surface area contributed by atoms with Crippen molar-refractivity contribution in [2.45, 2.75) is 0 Å². The summed E-state index contributed by atoms with van der Waals surface area (Å²) in [6.45, 7) is 0. The molecular formula is C23H15NO2. The molecule has 1 aromatic heterocycles. The number of hydrogen-bond donors (Lipinski definition) is 1. The molecule has 0 aliphatic heterocycles. The Morgan fingerprint density at radius 2 is 1.38 bits per heavy atom. The van der Waals surface area contributed by atoms with Crippen molar-refractivity contribution in [1.82, 2.24) is 4.57 Å². The van der Waals surface area contributed by atoms with Gasteiger partial charge in [-0.05, 0) is 35.7 Å². The zero-order valence-corrected chi connectivity index (χ0v) is 13.9. The second kappa shape index (κ2) is 5.46. The average molecular weight is 337 g/mol. The predicted molar refractivity (Wildman–Crippen MR) is 105 cm³/mol. The lowest BCUT2D eigenvalue weighted by molar-refractivity contribution is 0.0697. The molecule has 0 atom stereocenters. The van der Waals surface area contributed by atoms with Crippen LogP contribution in [0.15, 0.2) is 84.9 Å². The molecular weight excluding hydrogens is 322 g/mol. The molecule has 3 heteroatoms. The van der Waals surface area contributed by atoms with Gasteiger partial charge >= 0.3 is 5.97 Å². The van der Waals surface area contributed by atoms with Crippen molar-refractivity contribution < 1.29 is 9.90 Å². The fourth-order valence-corrected chi connectivity index (χ4v) is 3.77. The number of nitrogens with zero attached hydrogens (tertiary/aromatic N) is 1. The normalized spacial score (nSPS) is 11.4. The first-order valence-corrected chi connectivity index (χ1v) is 8.49. The maximum atomic E-state index is 11.4. The highest BCUT2D eigenvalue weighted by molar-refractivity contribution is 6.12. The Bertz CT molecular complexity index is 1310. The summed E-state index contributed by atoms with van der Waals surface area (Å²) in [5.74, 6) is -0.908. The van der Waals surface area contributed by atoms with Crippen molar-refractivity contribution in [3.05, 3.63) is 90.5 Å². The molecule has 5 aromatic rings. The van der Waals surface area contributed by atoms with E-state index in [9.17, 15) is 9.90 Å². The van der Waals surface area contributed by atoms with Crippen LogP contribution in [0.4, 0.5) is 0 Å². The van der Waals surface area contributed by atoms with E-state index in [1.807, 2.05) is 36.4 Å². The van der Waals surface area contributed by atoms with Gasteiger partial charge in [0.2, 0.25) is 0 Å². The van der Waals surface area contributed by atoms with Gasteiger partial charge < -0.3 is 9.67 Å². The Kier molecular flexibility index (Phi) is 3.09. The summed E-state index contributed by atoms with van der Waals surface area (Å²) in [4.78, 5) is 11.4. The maximum absolute atomic E-state index is 11.4. The first-order valence-electron chi connectivity index (χ1n) is 8.49. The molecule has 26 heavy (non-hydrogen) atoms. The van der Waals surface area contributed by atoms with Crippen LogP contribution in [0.2, 0.25) is 0 Å². The number of para-hydroxylation sites is 1. The Morgan fingerprint density at radius 3 is 2.23 bits per heavy atom. The standard InChI is InChI=1S/C23H15NO2/c25-23(26)16-12-13-22-19(14-16)18-9-3-4-10-21(18)24(22)20-11-5-7-15-6-1-2-8-17(15)20/h1-14H,(H,25,26). The molecule has 1 N–H and O–H groups in total. The van der Waals surface area contributed by atoms with Crippen molar-refractivity contribution in [3.63, 3.8) is 0 Å². The third-order valence-electron chi connectivity index (χ3n) is 4.93. The van der Waals surface area contributed by atoms with Gasteiger partial charge in [-0.1, -0.05) is 54.6 Å². The molecule has 0 unspecified atom stereocenters. The summed E-state index contributed by atoms with van der Waals surface area (Å²) < 4.78 is 2.22. The molecule has 0 aliphatic carbocycles. The molecule has 0 bridgehead atoms. The van der Waals surface area contributed by atoms with Crippen molar-refractivity contribution in [2.24, 2.45) is 0 Å². The smallest absolute Gasteiger partial charge is 0.335 e. The second-order valence-corrected chi connectivity index (χ2v) is 6.39. The van der Waals surface area contributed by atoms with Gasteiger partial charge in [0.05, 0.1) is 22.3 Å². The zero-order valence-electron chi connectivity index (χ0n) is 13.9. The van der Waals surface area contributed by atoms with Gasteiger partial charge in [0.1, 0.15) is 0 Å². The quantitative estimate of drug-likeness (QED) is 0.453. The Balaban J connectivity index is 1.97. The summed E-state index contributed by atoms with van der Waals surface area (Å²) in [5.41, 5.74) is 3.48. The number of rotatable bonds is 2. The van der Waals surface area contributed by atoms with E-state index in [-0.39, 0.29) is 0 Å². The summed E-state index contributed by atoms with van der Waals surface area (Å²) in [6, 6.07) is 28.1. The van der Waals surface area contributed by atoms with Crippen LogP contribution >= 0.6 is 0 Å². The highest BCUT2D eigenvalue weighted by Gasteiger charge is 2.15. The molecule has 0 radical (unpaired) electrons. The summed E-state index contributed by atoms with van der Waals surface area (Å²) in [5, 5.41) is 13.7. The molecule has 3 nitrogen and oxygen atoms in total. The number of aromatic nitrogens is 1. The van der Waals surface area contributed by atoms with Crippen LogP contribution in [0.25, 0.3) is 38.3 Å². The highest BCUT2D eigenvalue weighted by Crippen LogP contribution is 2.34. The fraction of sp³-hybridized carbons (Fsp3) is 0. The van der Waals surface area contributed by atoms with Crippen LogP contribution in [0.3, 0.4) is 0 Å². The second-order valence-electron chi connectivity index (χ2n) is 6.39. The summed E-state index contributed by atoms with van der Waals surface area (Å²) in [7, 11) is 0. The van der Waals surface area contributed by atoms with Crippen molar-refractivity contribution in [1.29, 1.82) is 0 Å². The van der Waals surface area contributed by atoms with Crippen LogP contribution in [0.1, 0.15) is 10.4 Å². The van der Waals surface area contributed by atoms with Crippen molar-refractivity contribution in [2.75, 3.05) is 0 Å². The van der Waals surface area contributed by atoms with Gasteiger partial charge in [0.15, 0.2) is 0 Å². The minimum absolute atomic E-state index is 0.304. The maximum Gasteiger partial charge on any atom is 0.335 e. The number of carboxylic acids is 1. The first-order chi connectivity index (χ1) is 12.7. The first kappa shape index (κ1) is 14.7. The number of hydrogen-bond acceptors (Lipinski definition) is 1. The topological polar surface area (TPSA) is 42.2 Å². The SMILES string of the molecule is O=C(O)c1ccc2c(c1)c1ccccc1n2-c1cccc2ccccc12. The highest BCUT2D eigenvalue weighted by atomic mass is 16.4. The van der Waals surface area contributed by atoms with Crippen LogP contribution in [-0.4, -0.2) is 15.6 Å². The third-order valence-corrected chi connectivity index (χ3v) is 4.93. The number of carboxylic acid groups (broad SMARTS) is 1. The van der Waals surface area contributed by atoms with E-state index in [1.165, 1.54) is 10.8 Å². The van der Waals surface area contributed by atoms with Gasteiger partial charge in [-0.15, -0.1) is 0 Å². The molecule has 124 valence electrons. The summed E-state index contributed by atoms with van der Waals surface area (Å²) in [6.07, 6.45) is 0. The molecule has 0 fully saturated rings. The van der Waals surface area contributed by atoms with Gasteiger partial charge in [-0.2, -0.15) is 0 Å². The minimum Gasteiger partial charge on any atom is -0.478 e. The number of carbonyl (C=O) groups is 1. The van der Waals surface area contributed by atoms with E-state index in [1.54, 1.807) is 12.1 Å². The van der Waals surface area contributed by atoms with Crippen LogP contribution in [0, 0.1) is 0 Å². The van der Waals surface area contributed by atoms with Gasteiger partial charge in [-0.25, -0.2) is 4.79 Å². The minimum atomic E-state index is -0.908. The fourth-order valence-electron chi connectivity index (χ4n) is 3.77. The lowest BCUT2D eigenvalue weighted by Gasteiger charge is -2.11. The predicted octanol–water partition coefficient (Wildman–Crippen LogP) is 5.64. The molecule has 0 aliphatic rings. The molecule has 1 heterocycles. The monoisotopic (exact) mass is 337 g/mol. The van der Waals surface area contributed by atoms with Crippen molar-refractivity contribution in [3.8, 4) is 5.69 Å². The van der Waals surface area contributed by atoms with E-state index >= 15 is 0 Å². The van der Waals surface area contributed by atoms with Crippen LogP contribution < -0.4 is 0 Å². The van der Waals surface area contributed by atoms with E-state index in [4.69, 9.17) is 0 Å². The molecule has 0 spiro atoms. The Hall–Kier alpha value is -3.59. The van der Waals surface area contributed by atoms with Gasteiger partial charge in [0.25, 0.3) is 0 Å². The van der Waals surface area contributed by atoms with Crippen LogP contribution in [0.5, 0.6) is 0 Å². The largest absolute Gasteiger partial charge is 0.478 e. The average Bonchev–Trinajstić information content (AvgIpc) is 3.01. The van der Waals surface area contributed by atoms with Gasteiger partial charge in [-0.3, -0.25) is 0 Å². The molecule has 5 rings (SSSR count). The van der Waals surface area contributed by atoms with E-state index in [0.29, 0.717) is 5.56 Å². The number of fused-ring (bicyclic) bond motifs is 4. The number of benzene rings is 4. The molecule has 0 amide bonds. The van der Waals surface area contributed by atoms with Crippen LogP contribution in [-0.2, 0) is 0 Å². The molecule has 0 saturated heterocycles. The molecule has 4 aromatic carbocycles. The van der Waals surface area contributed by atoms with E-state index < -0.39 is 5.97 Å². The third kappa shape index (κ3) is 2.04. The number of aromatic carboxylic acids is 1. The lowest BCUT2D eigenvalue weighted by Crippen LogP contribution is -1.97. The molecule has 0 saturated carbocycles. The zero-order chi connectivity index (χ0) is 17.7. The Morgan fingerprint density at radius 1 is 0.692 bits per heavy atom.